The molecule has 2 aliphatic rings. The van der Waals surface area contributed by atoms with Gasteiger partial charge in [0.1, 0.15) is 0 Å². The molecule has 1 saturated heterocycles. The second-order valence-corrected chi connectivity index (χ2v) is 8.07. The van der Waals surface area contributed by atoms with Gasteiger partial charge in [0.15, 0.2) is 17.2 Å². The van der Waals surface area contributed by atoms with E-state index in [1.54, 1.807) is 11.5 Å². The number of aromatic nitrogens is 1. The lowest BCUT2D eigenvalue weighted by atomic mass is 9.95. The van der Waals surface area contributed by atoms with Crippen LogP contribution in [-0.2, 0) is 27.3 Å². The second-order valence-electron chi connectivity index (χ2n) is 8.07. The highest BCUT2D eigenvalue weighted by Gasteiger charge is 2.48. The van der Waals surface area contributed by atoms with Crippen molar-refractivity contribution in [3.8, 4) is 0 Å². The number of nitrogens with zero attached hydrogens (tertiary/aromatic N) is 1. The van der Waals surface area contributed by atoms with Crippen molar-refractivity contribution in [2.45, 2.75) is 31.8 Å². The van der Waals surface area contributed by atoms with Crippen LogP contribution in [0.1, 0.15) is 38.5 Å². The monoisotopic (exact) mass is 460 g/mol. The predicted molar refractivity (Wildman–Crippen MR) is 112 cm³/mol. The number of hydrogen-bond donors (Lipinski definition) is 3. The molecule has 1 fully saturated rings. The fraction of sp³-hybridized carbons (Fsp3) is 0.364. The molecule has 0 saturated carbocycles. The molecule has 9 nitrogen and oxygen atoms in total. The van der Waals surface area contributed by atoms with Gasteiger partial charge in [-0.15, -0.1) is 0 Å². The summed E-state index contributed by atoms with van der Waals surface area (Å²) in [6, 6.07) is 2.98. The Morgan fingerprint density at radius 3 is 2.45 bits per heavy atom. The molecule has 11 heteroatoms. The van der Waals surface area contributed by atoms with E-state index in [9.17, 15) is 28.0 Å². The third-order valence-electron chi connectivity index (χ3n) is 5.95. The normalized spacial score (nSPS) is 15.9. The van der Waals surface area contributed by atoms with E-state index >= 15 is 0 Å². The van der Waals surface area contributed by atoms with Crippen LogP contribution >= 0.6 is 0 Å². The minimum atomic E-state index is -1.32. The molecule has 174 valence electrons. The lowest BCUT2D eigenvalue weighted by molar-refractivity contribution is -0.152. The molecule has 0 spiro atoms. The number of hydrogen-bond acceptors (Lipinski definition) is 5. The summed E-state index contributed by atoms with van der Waals surface area (Å²) in [5.74, 6) is -5.08. The minimum Gasteiger partial charge on any atom is -0.375 e. The van der Waals surface area contributed by atoms with Gasteiger partial charge in [-0.05, 0) is 37.5 Å². The number of anilines is 1. The first-order chi connectivity index (χ1) is 15.7. The third-order valence-corrected chi connectivity index (χ3v) is 5.95. The van der Waals surface area contributed by atoms with Gasteiger partial charge in [0.25, 0.3) is 17.6 Å². The molecule has 0 unspecified atom stereocenters. The van der Waals surface area contributed by atoms with Gasteiger partial charge in [-0.1, -0.05) is 0 Å². The van der Waals surface area contributed by atoms with Crippen LogP contribution in [0.15, 0.2) is 18.2 Å². The molecule has 0 bridgehead atoms. The fourth-order valence-electron chi connectivity index (χ4n) is 4.27. The number of carbonyl (C=O) groups is 4. The molecular weight excluding hydrogens is 438 g/mol. The van der Waals surface area contributed by atoms with Gasteiger partial charge in [0.2, 0.25) is 5.91 Å². The van der Waals surface area contributed by atoms with E-state index < -0.39 is 40.7 Å². The van der Waals surface area contributed by atoms with Gasteiger partial charge in [-0.25, -0.2) is 8.78 Å². The summed E-state index contributed by atoms with van der Waals surface area (Å²) >= 11 is 0. The Kier molecular flexibility index (Phi) is 5.75. The average Bonchev–Trinajstić information content (AvgIpc) is 3.31. The first-order valence-corrected chi connectivity index (χ1v) is 10.3. The Hall–Kier alpha value is -3.60. The van der Waals surface area contributed by atoms with Crippen molar-refractivity contribution in [2.24, 2.45) is 0 Å². The number of nitrogens with one attached hydrogen (secondary N) is 3. The number of rotatable bonds is 6. The van der Waals surface area contributed by atoms with E-state index in [2.05, 4.69) is 16.0 Å². The Morgan fingerprint density at radius 2 is 1.85 bits per heavy atom. The molecule has 0 atom stereocenters. The van der Waals surface area contributed by atoms with Crippen LogP contribution in [0.25, 0.3) is 0 Å². The molecule has 2 aromatic rings. The van der Waals surface area contributed by atoms with E-state index in [0.717, 1.165) is 12.1 Å². The van der Waals surface area contributed by atoms with E-state index in [-0.39, 0.29) is 30.2 Å². The number of likely N-dealkylation sites (N-methyl/N-ethyl adjacent to an activating group) is 1. The molecule has 3 N–H and O–H groups in total. The van der Waals surface area contributed by atoms with Crippen LogP contribution in [0, 0.1) is 18.6 Å². The quantitative estimate of drug-likeness (QED) is 0.441. The highest BCUT2D eigenvalue weighted by molar-refractivity contribution is 6.43. The minimum absolute atomic E-state index is 0.0550. The second kappa shape index (κ2) is 8.39. The number of amides is 3. The van der Waals surface area contributed by atoms with Crippen LogP contribution in [0.2, 0.25) is 0 Å². The van der Waals surface area contributed by atoms with Crippen molar-refractivity contribution in [1.82, 2.24) is 15.2 Å². The molecule has 0 radical (unpaired) electrons. The maximum Gasteiger partial charge on any atom is 0.294 e. The molecule has 1 aromatic heterocycles. The predicted octanol–water partition coefficient (Wildman–Crippen LogP) is 1.09. The largest absolute Gasteiger partial charge is 0.375 e. The first kappa shape index (κ1) is 22.6. The van der Waals surface area contributed by atoms with E-state index in [4.69, 9.17) is 4.74 Å². The van der Waals surface area contributed by atoms with Gasteiger partial charge in [0, 0.05) is 31.0 Å². The number of carbonyl (C=O) groups excluding carboxylic acids is 4. The van der Waals surface area contributed by atoms with Gasteiger partial charge < -0.3 is 25.3 Å². The standard InChI is InChI=1S/C22H22F2N4O5/c1-11-16(19(30)26-12-5-6-13(23)14(24)8-12)15-4-3-7-28(15)17(11)18(29)20(31)27-22(9-33-10-22)21(32)25-2/h5-6,8H,3-4,7,9-10H2,1-2H3,(H,25,32)(H,26,30)(H,27,31). The number of Topliss-reactive ketones (excluding diaryl/α,β-unsaturated/α-hetero) is 1. The fourth-order valence-corrected chi connectivity index (χ4v) is 4.27. The highest BCUT2D eigenvalue weighted by atomic mass is 19.2. The van der Waals surface area contributed by atoms with Gasteiger partial charge in [-0.3, -0.25) is 19.2 Å². The summed E-state index contributed by atoms with van der Waals surface area (Å²) in [6.07, 6.45) is 1.17. The van der Waals surface area contributed by atoms with Crippen LogP contribution in [0.3, 0.4) is 0 Å². The van der Waals surface area contributed by atoms with Crippen molar-refractivity contribution in [2.75, 3.05) is 25.6 Å². The summed E-state index contributed by atoms with van der Waals surface area (Å²) in [5.41, 5.74) is -0.119. The van der Waals surface area contributed by atoms with E-state index in [1.165, 1.54) is 13.1 Å². The van der Waals surface area contributed by atoms with Crippen molar-refractivity contribution < 1.29 is 32.7 Å². The first-order valence-electron chi connectivity index (χ1n) is 10.3. The van der Waals surface area contributed by atoms with Crippen LogP contribution in [0.4, 0.5) is 14.5 Å². The van der Waals surface area contributed by atoms with E-state index in [0.29, 0.717) is 30.6 Å². The highest BCUT2D eigenvalue weighted by Crippen LogP contribution is 2.30. The van der Waals surface area contributed by atoms with Gasteiger partial charge in [0.05, 0.1) is 24.5 Å². The van der Waals surface area contributed by atoms with Crippen molar-refractivity contribution in [1.29, 1.82) is 0 Å². The molecule has 3 heterocycles. The van der Waals surface area contributed by atoms with Crippen LogP contribution in [-0.4, -0.2) is 53.9 Å². The van der Waals surface area contributed by atoms with Crippen molar-refractivity contribution in [3.63, 3.8) is 0 Å². The maximum absolute atomic E-state index is 13.5. The summed E-state index contributed by atoms with van der Waals surface area (Å²) in [7, 11) is 1.42. The Morgan fingerprint density at radius 1 is 1.12 bits per heavy atom. The zero-order chi connectivity index (χ0) is 23.9. The molecule has 0 aliphatic carbocycles. The van der Waals surface area contributed by atoms with Gasteiger partial charge >= 0.3 is 0 Å². The lowest BCUT2D eigenvalue weighted by Gasteiger charge is -2.39. The molecule has 3 amide bonds. The number of benzene rings is 1. The maximum atomic E-state index is 13.5. The summed E-state index contributed by atoms with van der Waals surface area (Å²) in [6.45, 7) is 1.87. The smallest absolute Gasteiger partial charge is 0.294 e. The topological polar surface area (TPSA) is 119 Å². The number of ketones is 1. The number of ether oxygens (including phenoxy) is 1. The third kappa shape index (κ3) is 3.78. The number of fused-ring (bicyclic) bond motifs is 1. The number of halogens is 2. The van der Waals surface area contributed by atoms with Crippen LogP contribution < -0.4 is 16.0 Å². The van der Waals surface area contributed by atoms with E-state index in [1.807, 2.05) is 0 Å². The lowest BCUT2D eigenvalue weighted by Crippen LogP contribution is -2.70. The molecule has 33 heavy (non-hydrogen) atoms. The molecule has 2 aliphatic heterocycles. The van der Waals surface area contributed by atoms with Crippen molar-refractivity contribution >= 4 is 29.2 Å². The Bertz CT molecular complexity index is 1190. The molecule has 4 rings (SSSR count). The summed E-state index contributed by atoms with van der Waals surface area (Å²) in [4.78, 5) is 51.0. The Labute approximate surface area is 187 Å². The Balaban J connectivity index is 1.62. The van der Waals surface area contributed by atoms with Gasteiger partial charge in [-0.2, -0.15) is 0 Å². The molecule has 1 aromatic carbocycles. The van der Waals surface area contributed by atoms with Crippen molar-refractivity contribution in [3.05, 3.63) is 52.3 Å². The summed E-state index contributed by atoms with van der Waals surface area (Å²) in [5, 5.41) is 7.43. The van der Waals surface area contributed by atoms with Crippen LogP contribution in [0.5, 0.6) is 0 Å². The SMILES string of the molecule is CNC(=O)C1(NC(=O)C(=O)c2c(C)c(C(=O)Nc3ccc(F)c(F)c3)c3n2CCC3)COC1. The zero-order valence-electron chi connectivity index (χ0n) is 18.0. The molecular formula is C22H22F2N4O5. The zero-order valence-corrected chi connectivity index (χ0v) is 18.0. The average molecular weight is 460 g/mol. The summed E-state index contributed by atoms with van der Waals surface area (Å²) < 4.78 is 33.4.